The topological polar surface area (TPSA) is 13.1 Å². The summed E-state index contributed by atoms with van der Waals surface area (Å²) in [6.07, 6.45) is 0. The highest BCUT2D eigenvalue weighted by Gasteiger charge is 2.18. The Labute approximate surface area is 333 Å². The average Bonchev–Trinajstić information content (AvgIpc) is 3.76. The van der Waals surface area contributed by atoms with Crippen molar-refractivity contribution in [2.45, 2.75) is 0 Å². The van der Waals surface area contributed by atoms with Crippen molar-refractivity contribution < 1.29 is 30.5 Å². The first-order chi connectivity index (χ1) is 34.2. The maximum Gasteiger partial charge on any atom is 0.143 e. The van der Waals surface area contributed by atoms with Crippen LogP contribution in [0.4, 0.5) is 0 Å². The molecule has 0 aliphatic heterocycles. The number of furan rings is 1. The molecule has 11 aromatic rings. The third-order valence-corrected chi connectivity index (χ3v) is 9.60. The maximum atomic E-state index is 9.80. The van der Waals surface area contributed by atoms with Gasteiger partial charge in [-0.1, -0.05) is 163 Å². The molecule has 246 valence electrons. The molecule has 0 unspecified atom stereocenters. The van der Waals surface area contributed by atoms with Gasteiger partial charge in [-0.3, -0.25) is 0 Å². The van der Waals surface area contributed by atoms with Gasteiger partial charge in [-0.15, -0.1) is 0 Å². The molecule has 0 radical (unpaired) electrons. The quantitative estimate of drug-likeness (QED) is 0.167. The molecule has 0 saturated heterocycles. The van der Waals surface area contributed by atoms with Crippen LogP contribution in [0.1, 0.15) is 26.0 Å². The second-order valence-electron chi connectivity index (χ2n) is 12.6. The molecule has 53 heavy (non-hydrogen) atoms. The zero-order valence-corrected chi connectivity index (χ0v) is 27.4. The lowest BCUT2D eigenvalue weighted by Gasteiger charge is -2.18. The number of para-hydroxylation sites is 1. The number of rotatable bonds is 4. The Hall–Kier alpha value is -6.96. The molecule has 0 fully saturated rings. The zero-order valence-electron chi connectivity index (χ0n) is 46.4. The predicted octanol–water partition coefficient (Wildman–Crippen LogP) is 14.9. The Bertz CT molecular complexity index is 4220. The molecule has 11 rings (SSSR count). The van der Waals surface area contributed by atoms with Crippen molar-refractivity contribution in [3.8, 4) is 44.5 Å². The Morgan fingerprint density at radius 3 is 1.70 bits per heavy atom. The first kappa shape index (κ1) is 16.6. The normalized spacial score (nSPS) is 16.8. The Morgan fingerprint density at radius 1 is 0.358 bits per heavy atom. The summed E-state index contributed by atoms with van der Waals surface area (Å²) in [6.45, 7) is 0. The maximum absolute atomic E-state index is 9.80. The molecule has 1 nitrogen and oxygen atoms in total. The lowest BCUT2D eigenvalue weighted by molar-refractivity contribution is 0.670. The van der Waals surface area contributed by atoms with Crippen molar-refractivity contribution in [3.05, 3.63) is 194 Å². The molecular weight excluding hydrogens is 641 g/mol. The van der Waals surface area contributed by atoms with Crippen LogP contribution < -0.4 is 0 Å². The summed E-state index contributed by atoms with van der Waals surface area (Å²) in [4.78, 5) is 0. The van der Waals surface area contributed by atoms with E-state index < -0.39 is 169 Å². The van der Waals surface area contributed by atoms with Crippen molar-refractivity contribution in [2.24, 2.45) is 0 Å². The Morgan fingerprint density at radius 2 is 0.962 bits per heavy atom. The van der Waals surface area contributed by atoms with Crippen LogP contribution in [0.5, 0.6) is 0 Å². The summed E-state index contributed by atoms with van der Waals surface area (Å²) >= 11 is 0. The minimum Gasteiger partial charge on any atom is -0.455 e. The highest BCUT2D eigenvalue weighted by Crippen LogP contribution is 2.45. The van der Waals surface area contributed by atoms with Crippen molar-refractivity contribution in [3.63, 3.8) is 0 Å². The molecule has 0 bridgehead atoms. The van der Waals surface area contributed by atoms with E-state index in [1.54, 1.807) is 12.1 Å². The molecule has 10 aromatic carbocycles. The molecule has 0 aliphatic rings. The second-order valence-corrected chi connectivity index (χ2v) is 12.6. The van der Waals surface area contributed by atoms with E-state index in [1.165, 1.54) is 0 Å². The van der Waals surface area contributed by atoms with Gasteiger partial charge in [0, 0.05) is 16.3 Å². The summed E-state index contributed by atoms with van der Waals surface area (Å²) in [5.74, 6) is 0. The van der Waals surface area contributed by atoms with Crippen molar-refractivity contribution in [1.29, 1.82) is 0 Å². The van der Waals surface area contributed by atoms with E-state index in [2.05, 4.69) is 6.07 Å². The van der Waals surface area contributed by atoms with Gasteiger partial charge in [0.15, 0.2) is 0 Å². The zero-order chi connectivity index (χ0) is 51.4. The SMILES string of the molecule is [2H]c1c([2H])c([2H])c(-c2c3c([2H])c([2H])c([2H])c([2H])c3c(-c3c([2H])c([2H])c4c([2H])c(-c5cccc6c5oc5ccc(-c7ccc8ccccc8c7)cc56)c([2H])c([2H])c4c3[2H])c3c([2H])c([2H])c([2H])c([2H])c23)c([2H])c1[2H]. The number of hydrogen-bond donors (Lipinski definition) is 0. The van der Waals surface area contributed by atoms with E-state index in [9.17, 15) is 13.7 Å². The van der Waals surface area contributed by atoms with Crippen LogP contribution in [0.3, 0.4) is 0 Å². The summed E-state index contributed by atoms with van der Waals surface area (Å²) in [6, 6.07) is 9.69. The van der Waals surface area contributed by atoms with E-state index >= 15 is 0 Å². The van der Waals surface area contributed by atoms with Gasteiger partial charge >= 0.3 is 0 Å². The van der Waals surface area contributed by atoms with Crippen LogP contribution in [0.25, 0.3) is 110 Å². The van der Waals surface area contributed by atoms with Gasteiger partial charge in [0.2, 0.25) is 0 Å². The van der Waals surface area contributed by atoms with Crippen LogP contribution in [-0.4, -0.2) is 0 Å². The smallest absolute Gasteiger partial charge is 0.143 e. The molecule has 1 heterocycles. The molecule has 0 atom stereocenters. The van der Waals surface area contributed by atoms with Gasteiger partial charge in [0.1, 0.15) is 11.2 Å². The highest BCUT2D eigenvalue weighted by atomic mass is 16.3. The largest absolute Gasteiger partial charge is 0.455 e. The molecular formula is C52H32O. The highest BCUT2D eigenvalue weighted by molar-refractivity contribution is 6.22. The number of hydrogen-bond acceptors (Lipinski definition) is 1. The lowest BCUT2D eigenvalue weighted by Crippen LogP contribution is -1.90. The van der Waals surface area contributed by atoms with Gasteiger partial charge in [0.25, 0.3) is 0 Å². The standard InChI is InChI=1S/C52H32O/c1-2-12-34(13-3-1)50-43-15-6-8-17-45(43)51(46-18-9-7-16-44(46)50)41-26-24-37-30-40(25-23-38(37)31-41)42-19-10-20-47-48-32-39(27-28-49(48)53-52(42)47)36-22-21-33-11-4-5-14-35(33)29-36/h1-32H/i1D,2D,3D,6D,7D,8D,9D,12D,13D,15D,16D,17D,18D,23D,24D,25D,26D,30D,31D. The first-order valence-corrected chi connectivity index (χ1v) is 16.7. The minimum absolute atomic E-state index is 0.144. The van der Waals surface area contributed by atoms with E-state index in [4.69, 9.17) is 16.8 Å². The summed E-state index contributed by atoms with van der Waals surface area (Å²) in [5, 5.41) is 0.286. The van der Waals surface area contributed by atoms with Crippen molar-refractivity contribution in [2.75, 3.05) is 0 Å². The van der Waals surface area contributed by atoms with E-state index in [-0.39, 0.29) is 16.7 Å². The first-order valence-electron chi connectivity index (χ1n) is 26.2. The Balaban J connectivity index is 1.23. The summed E-state index contributed by atoms with van der Waals surface area (Å²) in [7, 11) is 0. The third kappa shape index (κ3) is 4.79. The molecule has 0 spiro atoms. The molecule has 0 aliphatic carbocycles. The molecule has 1 aromatic heterocycles. The molecule has 1 heteroatoms. The van der Waals surface area contributed by atoms with Gasteiger partial charge in [-0.25, -0.2) is 0 Å². The van der Waals surface area contributed by atoms with Crippen LogP contribution in [0.15, 0.2) is 198 Å². The fraction of sp³-hybridized carbons (Fsp3) is 0. The minimum atomic E-state index is -0.872. The van der Waals surface area contributed by atoms with Gasteiger partial charge < -0.3 is 4.42 Å². The third-order valence-electron chi connectivity index (χ3n) is 9.60. The van der Waals surface area contributed by atoms with Gasteiger partial charge in [-0.05, 0) is 112 Å². The van der Waals surface area contributed by atoms with Crippen LogP contribution in [-0.2, 0) is 0 Å². The molecule has 0 amide bonds. The monoisotopic (exact) mass is 691 g/mol. The molecule has 0 N–H and O–H groups in total. The van der Waals surface area contributed by atoms with E-state index in [0.717, 1.165) is 27.3 Å². The van der Waals surface area contributed by atoms with E-state index in [1.807, 2.05) is 60.7 Å². The van der Waals surface area contributed by atoms with Crippen LogP contribution >= 0.6 is 0 Å². The van der Waals surface area contributed by atoms with E-state index in [0.29, 0.717) is 11.0 Å². The lowest BCUT2D eigenvalue weighted by atomic mass is 9.85. The fourth-order valence-corrected chi connectivity index (χ4v) is 7.18. The number of benzene rings is 10. The summed E-state index contributed by atoms with van der Waals surface area (Å²) < 4.78 is 179. The van der Waals surface area contributed by atoms with Crippen molar-refractivity contribution >= 4 is 65.0 Å². The van der Waals surface area contributed by atoms with Crippen molar-refractivity contribution in [1.82, 2.24) is 0 Å². The predicted molar refractivity (Wildman–Crippen MR) is 225 cm³/mol. The van der Waals surface area contributed by atoms with Gasteiger partial charge in [-0.2, -0.15) is 0 Å². The molecule has 0 saturated carbocycles. The fourth-order valence-electron chi connectivity index (χ4n) is 7.18. The number of fused-ring (bicyclic) bond motifs is 7. The summed E-state index contributed by atoms with van der Waals surface area (Å²) in [5.41, 5.74) is 0.257. The second kappa shape index (κ2) is 11.8. The van der Waals surface area contributed by atoms with Crippen LogP contribution in [0, 0.1) is 0 Å². The van der Waals surface area contributed by atoms with Crippen LogP contribution in [0.2, 0.25) is 0 Å². The van der Waals surface area contributed by atoms with Gasteiger partial charge in [0.05, 0.1) is 26.0 Å². The average molecular weight is 692 g/mol. The Kier molecular flexibility index (Phi) is 3.69.